The molecule has 104 valence electrons. The summed E-state index contributed by atoms with van der Waals surface area (Å²) in [4.78, 5) is 15.6. The largest absolute Gasteiger partial charge is 0.321 e. The van der Waals surface area contributed by atoms with E-state index in [2.05, 4.69) is 26.2 Å². The van der Waals surface area contributed by atoms with Gasteiger partial charge < -0.3 is 10.7 Å². The lowest BCUT2D eigenvalue weighted by Crippen LogP contribution is -2.17. The number of hydrogen-bond donors (Lipinski definition) is 3. The summed E-state index contributed by atoms with van der Waals surface area (Å²) in [5, 5.41) is 2.46. The van der Waals surface area contributed by atoms with E-state index < -0.39 is 17.5 Å². The highest BCUT2D eigenvalue weighted by molar-refractivity contribution is 9.10. The molecule has 2 aromatic rings. The van der Waals surface area contributed by atoms with Crippen LogP contribution in [-0.2, 0) is 0 Å². The maximum atomic E-state index is 13.9. The molecular formula is C12H9BrF2N4O. The topological polar surface area (TPSA) is 80.0 Å². The number of nitrogens with zero attached hydrogens (tertiary/aromatic N) is 1. The first-order valence-electron chi connectivity index (χ1n) is 5.40. The molecule has 0 saturated heterocycles. The lowest BCUT2D eigenvalue weighted by atomic mass is 10.2. The van der Waals surface area contributed by atoms with E-state index in [1.807, 2.05) is 5.43 Å². The first-order valence-corrected chi connectivity index (χ1v) is 6.19. The van der Waals surface area contributed by atoms with Gasteiger partial charge in [-0.25, -0.2) is 19.6 Å². The van der Waals surface area contributed by atoms with Crippen LogP contribution in [0.5, 0.6) is 0 Å². The van der Waals surface area contributed by atoms with Gasteiger partial charge in [-0.15, -0.1) is 0 Å². The Morgan fingerprint density at radius 3 is 2.70 bits per heavy atom. The highest BCUT2D eigenvalue weighted by Crippen LogP contribution is 2.24. The molecule has 2 rings (SSSR count). The van der Waals surface area contributed by atoms with Gasteiger partial charge in [0.2, 0.25) is 0 Å². The number of pyridine rings is 1. The first-order chi connectivity index (χ1) is 9.52. The molecule has 4 N–H and O–H groups in total. The fourth-order valence-electron chi connectivity index (χ4n) is 1.50. The molecular weight excluding hydrogens is 334 g/mol. The zero-order valence-corrected chi connectivity index (χ0v) is 11.5. The monoisotopic (exact) mass is 342 g/mol. The minimum atomic E-state index is -0.870. The normalized spacial score (nSPS) is 10.2. The molecule has 1 amide bonds. The maximum Gasteiger partial charge on any atom is 0.258 e. The van der Waals surface area contributed by atoms with Gasteiger partial charge in [-0.05, 0) is 40.2 Å². The van der Waals surface area contributed by atoms with Crippen LogP contribution in [0.25, 0.3) is 0 Å². The predicted octanol–water partition coefficient (Wildman–Crippen LogP) is 2.66. The Balaban J connectivity index is 2.28. The Morgan fingerprint density at radius 1 is 1.30 bits per heavy atom. The average Bonchev–Trinajstić information content (AvgIpc) is 2.42. The molecule has 1 aromatic heterocycles. The molecule has 20 heavy (non-hydrogen) atoms. The zero-order valence-electron chi connectivity index (χ0n) is 9.95. The number of hydrazine groups is 1. The highest BCUT2D eigenvalue weighted by atomic mass is 79.9. The molecule has 0 bridgehead atoms. The second kappa shape index (κ2) is 5.93. The predicted molar refractivity (Wildman–Crippen MR) is 74.1 cm³/mol. The van der Waals surface area contributed by atoms with Crippen LogP contribution in [0.3, 0.4) is 0 Å². The Labute approximate surface area is 121 Å². The number of nitrogen functional groups attached to an aromatic ring is 1. The van der Waals surface area contributed by atoms with Crippen molar-refractivity contribution in [3.8, 4) is 0 Å². The van der Waals surface area contributed by atoms with Gasteiger partial charge >= 0.3 is 0 Å². The van der Waals surface area contributed by atoms with Crippen LogP contribution in [0.4, 0.5) is 20.3 Å². The van der Waals surface area contributed by atoms with Crippen LogP contribution in [0, 0.1) is 11.6 Å². The van der Waals surface area contributed by atoms with Gasteiger partial charge in [0, 0.05) is 10.7 Å². The Kier molecular flexibility index (Phi) is 4.26. The molecule has 0 aliphatic carbocycles. The smallest absolute Gasteiger partial charge is 0.258 e. The number of anilines is 2. The number of hydrogen-bond acceptors (Lipinski definition) is 4. The SMILES string of the molecule is NNc1nccc(C(=O)Nc2ccc(F)cc2Br)c1F. The number of nitrogens with one attached hydrogen (secondary N) is 2. The van der Waals surface area contributed by atoms with E-state index >= 15 is 0 Å². The van der Waals surface area contributed by atoms with Crippen LogP contribution in [0.15, 0.2) is 34.9 Å². The van der Waals surface area contributed by atoms with Crippen LogP contribution in [-0.4, -0.2) is 10.9 Å². The van der Waals surface area contributed by atoms with Crippen molar-refractivity contribution >= 4 is 33.3 Å². The Bertz CT molecular complexity index is 666. The molecule has 8 heteroatoms. The lowest BCUT2D eigenvalue weighted by Gasteiger charge is -2.09. The number of carbonyl (C=O) groups is 1. The summed E-state index contributed by atoms with van der Waals surface area (Å²) < 4.78 is 27.1. The fourth-order valence-corrected chi connectivity index (χ4v) is 1.95. The number of rotatable bonds is 3. The van der Waals surface area contributed by atoms with E-state index in [9.17, 15) is 13.6 Å². The highest BCUT2D eigenvalue weighted by Gasteiger charge is 2.16. The van der Waals surface area contributed by atoms with Gasteiger partial charge in [-0.1, -0.05) is 0 Å². The van der Waals surface area contributed by atoms with Crippen molar-refractivity contribution in [1.82, 2.24) is 4.98 Å². The average molecular weight is 343 g/mol. The van der Waals surface area contributed by atoms with Crippen molar-refractivity contribution in [2.24, 2.45) is 5.84 Å². The van der Waals surface area contributed by atoms with Gasteiger partial charge in [0.15, 0.2) is 11.6 Å². The lowest BCUT2D eigenvalue weighted by molar-refractivity contribution is 0.102. The Hall–Kier alpha value is -2.06. The van der Waals surface area contributed by atoms with Crippen molar-refractivity contribution in [3.63, 3.8) is 0 Å². The van der Waals surface area contributed by atoms with Gasteiger partial charge in [0.05, 0.1) is 11.3 Å². The fraction of sp³-hybridized carbons (Fsp3) is 0. The number of amides is 1. The first kappa shape index (κ1) is 14.4. The number of halogens is 3. The van der Waals surface area contributed by atoms with Crippen molar-refractivity contribution in [1.29, 1.82) is 0 Å². The van der Waals surface area contributed by atoms with Gasteiger partial charge in [-0.2, -0.15) is 0 Å². The molecule has 5 nitrogen and oxygen atoms in total. The van der Waals surface area contributed by atoms with Crippen LogP contribution < -0.4 is 16.6 Å². The maximum absolute atomic E-state index is 13.9. The van der Waals surface area contributed by atoms with Gasteiger partial charge in [0.25, 0.3) is 5.91 Å². The molecule has 1 heterocycles. The summed E-state index contributed by atoms with van der Waals surface area (Å²) >= 11 is 3.10. The van der Waals surface area contributed by atoms with Crippen LogP contribution >= 0.6 is 15.9 Å². The molecule has 1 aromatic carbocycles. The van der Waals surface area contributed by atoms with E-state index in [-0.39, 0.29) is 11.4 Å². The second-order valence-corrected chi connectivity index (χ2v) is 4.60. The minimum Gasteiger partial charge on any atom is -0.321 e. The molecule has 0 fully saturated rings. The molecule has 0 unspecified atom stereocenters. The summed E-state index contributed by atoms with van der Waals surface area (Å²) in [6, 6.07) is 4.93. The van der Waals surface area contributed by atoms with Gasteiger partial charge in [0.1, 0.15) is 5.82 Å². The van der Waals surface area contributed by atoms with Gasteiger partial charge in [-0.3, -0.25) is 4.79 Å². The molecule has 0 radical (unpaired) electrons. The third-order valence-electron chi connectivity index (χ3n) is 2.45. The quantitative estimate of drug-likeness (QED) is 0.591. The summed E-state index contributed by atoms with van der Waals surface area (Å²) in [5.74, 6) is 2.81. The van der Waals surface area contributed by atoms with E-state index in [0.717, 1.165) is 0 Å². The van der Waals surface area contributed by atoms with Crippen molar-refractivity contribution < 1.29 is 13.6 Å². The van der Waals surface area contributed by atoms with Crippen molar-refractivity contribution in [2.45, 2.75) is 0 Å². The summed E-state index contributed by atoms with van der Waals surface area (Å²) in [7, 11) is 0. The van der Waals surface area contributed by atoms with E-state index in [1.54, 1.807) is 0 Å². The Morgan fingerprint density at radius 2 is 2.05 bits per heavy atom. The molecule has 0 atom stereocenters. The number of nitrogens with two attached hydrogens (primary N) is 1. The molecule has 0 saturated carbocycles. The van der Waals surface area contributed by atoms with Crippen LogP contribution in [0.1, 0.15) is 10.4 Å². The molecule has 0 aliphatic heterocycles. The summed E-state index contributed by atoms with van der Waals surface area (Å²) in [5.41, 5.74) is 2.13. The van der Waals surface area contributed by atoms with Crippen molar-refractivity contribution in [3.05, 3.63) is 52.1 Å². The van der Waals surface area contributed by atoms with Crippen molar-refractivity contribution in [2.75, 3.05) is 10.7 Å². The second-order valence-electron chi connectivity index (χ2n) is 3.74. The van der Waals surface area contributed by atoms with Crippen LogP contribution in [0.2, 0.25) is 0 Å². The summed E-state index contributed by atoms with van der Waals surface area (Å²) in [6.45, 7) is 0. The zero-order chi connectivity index (χ0) is 14.7. The summed E-state index contributed by atoms with van der Waals surface area (Å²) in [6.07, 6.45) is 1.24. The molecule has 0 aliphatic rings. The number of aromatic nitrogens is 1. The van der Waals surface area contributed by atoms with E-state index in [4.69, 9.17) is 5.84 Å². The molecule has 0 spiro atoms. The van der Waals surface area contributed by atoms with E-state index in [1.165, 1.54) is 30.5 Å². The van der Waals surface area contributed by atoms with E-state index in [0.29, 0.717) is 10.2 Å². The number of benzene rings is 1. The minimum absolute atomic E-state index is 0.232. The number of carbonyl (C=O) groups excluding carboxylic acids is 1. The third kappa shape index (κ3) is 2.91. The standard InChI is InChI=1S/C12H9BrF2N4O/c13-8-5-6(14)1-2-9(8)18-12(20)7-3-4-17-11(19-16)10(7)15/h1-5H,16H2,(H,17,19)(H,18,20). The third-order valence-corrected chi connectivity index (χ3v) is 3.11.